The monoisotopic (exact) mass is 385 g/mol. The molecule has 0 saturated heterocycles. The molecule has 0 bridgehead atoms. The summed E-state index contributed by atoms with van der Waals surface area (Å²) in [6.45, 7) is 0.293. The first-order chi connectivity index (χ1) is 12.6. The second kappa shape index (κ2) is 6.88. The molecule has 6 heteroatoms. The number of benzene rings is 2. The number of halogens is 2. The molecule has 0 saturated carbocycles. The molecular formula is C20H17Cl2N3O. The van der Waals surface area contributed by atoms with Gasteiger partial charge in [-0.15, -0.1) is 0 Å². The standard InChI is InChI=1S/C20H17Cl2N3O/c21-17-8-6-15(19(22)10-17)9-16-7-5-14-3-1-2-4-18(14)20(16,26)11-25-13-23-12-24-25/h1-4,6,8-10,12-13,26H,5,7,11H2. The van der Waals surface area contributed by atoms with Crippen LogP contribution in [0.5, 0.6) is 0 Å². The quantitative estimate of drug-likeness (QED) is 0.721. The highest BCUT2D eigenvalue weighted by molar-refractivity contribution is 6.35. The summed E-state index contributed by atoms with van der Waals surface area (Å²) in [5.74, 6) is 0. The van der Waals surface area contributed by atoms with Crippen LogP contribution in [0.25, 0.3) is 6.08 Å². The van der Waals surface area contributed by atoms with Crippen LogP contribution >= 0.6 is 23.2 Å². The molecule has 1 aliphatic rings. The zero-order chi connectivity index (χ0) is 18.1. The lowest BCUT2D eigenvalue weighted by atomic mass is 9.74. The largest absolute Gasteiger partial charge is 0.379 e. The Kier molecular flexibility index (Phi) is 4.57. The molecule has 4 nitrogen and oxygen atoms in total. The predicted molar refractivity (Wildman–Crippen MR) is 103 cm³/mol. The van der Waals surface area contributed by atoms with E-state index in [9.17, 15) is 5.11 Å². The van der Waals surface area contributed by atoms with Crippen LogP contribution in [-0.2, 0) is 18.6 Å². The predicted octanol–water partition coefficient (Wildman–Crippen LogP) is 4.50. The molecule has 1 N–H and O–H groups in total. The molecule has 0 spiro atoms. The Morgan fingerprint density at radius 2 is 2.00 bits per heavy atom. The fourth-order valence-corrected chi connectivity index (χ4v) is 3.99. The van der Waals surface area contributed by atoms with Gasteiger partial charge in [0.05, 0.1) is 6.54 Å². The van der Waals surface area contributed by atoms with Crippen molar-refractivity contribution in [1.82, 2.24) is 14.8 Å². The Labute approximate surface area is 161 Å². The van der Waals surface area contributed by atoms with E-state index in [2.05, 4.69) is 16.1 Å². The summed E-state index contributed by atoms with van der Waals surface area (Å²) in [4.78, 5) is 3.99. The topological polar surface area (TPSA) is 50.9 Å². The van der Waals surface area contributed by atoms with Crippen LogP contribution in [0, 0.1) is 0 Å². The van der Waals surface area contributed by atoms with Gasteiger partial charge in [-0.25, -0.2) is 9.67 Å². The normalized spacial score (nSPS) is 21.0. The smallest absolute Gasteiger partial charge is 0.137 e. The summed E-state index contributed by atoms with van der Waals surface area (Å²) in [6, 6.07) is 13.4. The molecule has 1 aromatic heterocycles. The molecule has 26 heavy (non-hydrogen) atoms. The van der Waals surface area contributed by atoms with Crippen LogP contribution in [0.3, 0.4) is 0 Å². The number of aliphatic hydroxyl groups is 1. The molecule has 0 aliphatic heterocycles. The van der Waals surface area contributed by atoms with Gasteiger partial charge >= 0.3 is 0 Å². The third-order valence-electron chi connectivity index (χ3n) is 4.81. The molecule has 4 rings (SSSR count). The van der Waals surface area contributed by atoms with Crippen molar-refractivity contribution >= 4 is 29.3 Å². The van der Waals surface area contributed by atoms with Crippen molar-refractivity contribution in [2.24, 2.45) is 0 Å². The molecule has 0 fully saturated rings. The average Bonchev–Trinajstić information content (AvgIpc) is 3.12. The maximum Gasteiger partial charge on any atom is 0.137 e. The minimum absolute atomic E-state index is 0.293. The average molecular weight is 386 g/mol. The summed E-state index contributed by atoms with van der Waals surface area (Å²) >= 11 is 12.4. The highest BCUT2D eigenvalue weighted by atomic mass is 35.5. The van der Waals surface area contributed by atoms with Crippen LogP contribution in [0.1, 0.15) is 23.1 Å². The molecule has 132 valence electrons. The maximum absolute atomic E-state index is 11.7. The van der Waals surface area contributed by atoms with Crippen LogP contribution in [0.4, 0.5) is 0 Å². The van der Waals surface area contributed by atoms with Gasteiger partial charge in [-0.2, -0.15) is 5.10 Å². The van der Waals surface area contributed by atoms with Gasteiger partial charge in [0, 0.05) is 10.0 Å². The molecular weight excluding hydrogens is 369 g/mol. The van der Waals surface area contributed by atoms with Crippen LogP contribution in [0.2, 0.25) is 10.0 Å². The van der Waals surface area contributed by atoms with Crippen molar-refractivity contribution in [3.8, 4) is 0 Å². The molecule has 1 aliphatic carbocycles. The van der Waals surface area contributed by atoms with Gasteiger partial charge in [0.1, 0.15) is 18.3 Å². The van der Waals surface area contributed by atoms with Gasteiger partial charge in [-0.1, -0.05) is 59.6 Å². The minimum Gasteiger partial charge on any atom is -0.379 e. The third-order valence-corrected chi connectivity index (χ3v) is 5.37. The van der Waals surface area contributed by atoms with E-state index in [-0.39, 0.29) is 0 Å². The van der Waals surface area contributed by atoms with Gasteiger partial charge in [0.25, 0.3) is 0 Å². The zero-order valence-corrected chi connectivity index (χ0v) is 15.5. The number of nitrogens with zero attached hydrogens (tertiary/aromatic N) is 3. The second-order valence-electron chi connectivity index (χ2n) is 6.45. The van der Waals surface area contributed by atoms with Gasteiger partial charge in [-0.05, 0) is 47.2 Å². The number of hydrogen-bond donors (Lipinski definition) is 1. The molecule has 0 amide bonds. The number of fused-ring (bicyclic) bond motifs is 1. The van der Waals surface area contributed by atoms with E-state index in [1.54, 1.807) is 23.1 Å². The first-order valence-corrected chi connectivity index (χ1v) is 9.11. The van der Waals surface area contributed by atoms with Crippen molar-refractivity contribution in [1.29, 1.82) is 0 Å². The summed E-state index contributed by atoms with van der Waals surface area (Å²) in [5.41, 5.74) is 2.61. The van der Waals surface area contributed by atoms with Crippen LogP contribution in [-0.4, -0.2) is 19.9 Å². The Balaban J connectivity index is 1.83. The van der Waals surface area contributed by atoms with Crippen molar-refractivity contribution < 1.29 is 5.11 Å². The molecule has 3 aromatic rings. The van der Waals surface area contributed by atoms with E-state index < -0.39 is 5.60 Å². The van der Waals surface area contributed by atoms with Crippen molar-refractivity contribution in [2.75, 3.05) is 0 Å². The Morgan fingerprint density at radius 1 is 1.15 bits per heavy atom. The summed E-state index contributed by atoms with van der Waals surface area (Å²) in [6.07, 6.45) is 6.65. The first-order valence-electron chi connectivity index (χ1n) is 8.35. The third kappa shape index (κ3) is 3.16. The molecule has 0 radical (unpaired) electrons. The van der Waals surface area contributed by atoms with Crippen LogP contribution in [0.15, 0.2) is 60.7 Å². The molecule has 2 aromatic carbocycles. The number of aryl methyl sites for hydroxylation is 1. The van der Waals surface area contributed by atoms with Crippen LogP contribution < -0.4 is 0 Å². The minimum atomic E-state index is -1.18. The zero-order valence-electron chi connectivity index (χ0n) is 13.9. The van der Waals surface area contributed by atoms with E-state index in [1.807, 2.05) is 30.3 Å². The first kappa shape index (κ1) is 17.3. The number of aromatic nitrogens is 3. The Hall–Kier alpha value is -2.14. The summed E-state index contributed by atoms with van der Waals surface area (Å²) in [7, 11) is 0. The Bertz CT molecular complexity index is 969. The fraction of sp³-hybridized carbons (Fsp3) is 0.200. The lowest BCUT2D eigenvalue weighted by molar-refractivity contribution is 0.0456. The fourth-order valence-electron chi connectivity index (χ4n) is 3.52. The maximum atomic E-state index is 11.7. The highest BCUT2D eigenvalue weighted by Gasteiger charge is 2.39. The van der Waals surface area contributed by atoms with E-state index in [1.165, 1.54) is 6.33 Å². The Morgan fingerprint density at radius 3 is 2.77 bits per heavy atom. The highest BCUT2D eigenvalue weighted by Crippen LogP contribution is 2.42. The van der Waals surface area contributed by atoms with Crippen molar-refractivity contribution in [3.63, 3.8) is 0 Å². The summed E-state index contributed by atoms with van der Waals surface area (Å²) < 4.78 is 1.65. The number of rotatable bonds is 3. The van der Waals surface area contributed by atoms with Gasteiger partial charge in [0.15, 0.2) is 0 Å². The van der Waals surface area contributed by atoms with Crippen molar-refractivity contribution in [2.45, 2.75) is 25.0 Å². The molecule has 1 heterocycles. The van der Waals surface area contributed by atoms with E-state index in [0.717, 1.165) is 35.1 Å². The van der Waals surface area contributed by atoms with Gasteiger partial charge in [0.2, 0.25) is 0 Å². The lowest BCUT2D eigenvalue weighted by Crippen LogP contribution is -2.37. The van der Waals surface area contributed by atoms with Gasteiger partial charge < -0.3 is 5.11 Å². The lowest BCUT2D eigenvalue weighted by Gasteiger charge is -2.37. The van der Waals surface area contributed by atoms with Crippen molar-refractivity contribution in [3.05, 3.63) is 87.4 Å². The van der Waals surface area contributed by atoms with E-state index in [0.29, 0.717) is 16.6 Å². The molecule has 1 unspecified atom stereocenters. The van der Waals surface area contributed by atoms with Gasteiger partial charge in [-0.3, -0.25) is 0 Å². The van der Waals surface area contributed by atoms with E-state index in [4.69, 9.17) is 23.2 Å². The number of hydrogen-bond acceptors (Lipinski definition) is 3. The SMILES string of the molecule is OC1(Cn2cncn2)C(=Cc2ccc(Cl)cc2Cl)CCc2ccccc21. The van der Waals surface area contributed by atoms with E-state index >= 15 is 0 Å². The second-order valence-corrected chi connectivity index (χ2v) is 7.29. The molecule has 1 atom stereocenters. The summed E-state index contributed by atoms with van der Waals surface area (Å²) in [5, 5.41) is 17.1.